The lowest BCUT2D eigenvalue weighted by Crippen LogP contribution is -2.44. The third kappa shape index (κ3) is 4.39. The Labute approximate surface area is 127 Å². The van der Waals surface area contributed by atoms with E-state index < -0.39 is 11.9 Å². The first kappa shape index (κ1) is 15.2. The van der Waals surface area contributed by atoms with Gasteiger partial charge in [-0.2, -0.15) is 0 Å². The predicted octanol–water partition coefficient (Wildman–Crippen LogP) is 1.67. The second kappa shape index (κ2) is 6.99. The first-order chi connectivity index (χ1) is 10.1. The number of benzene rings is 1. The molecule has 0 aliphatic rings. The second-order valence-corrected chi connectivity index (χ2v) is 5.96. The van der Waals surface area contributed by atoms with Crippen molar-refractivity contribution < 1.29 is 9.59 Å². The van der Waals surface area contributed by atoms with E-state index in [1.165, 1.54) is 11.3 Å². The average molecular weight is 303 g/mol. The zero-order valence-corrected chi connectivity index (χ0v) is 12.5. The summed E-state index contributed by atoms with van der Waals surface area (Å²) in [5.41, 5.74) is 6.46. The van der Waals surface area contributed by atoms with Gasteiger partial charge in [0.15, 0.2) is 5.01 Å². The largest absolute Gasteiger partial charge is 0.368 e. The molecule has 0 unspecified atom stereocenters. The number of nitrogens with two attached hydrogens (primary N) is 1. The van der Waals surface area contributed by atoms with E-state index >= 15 is 0 Å². The molecule has 0 aliphatic heterocycles. The molecule has 110 valence electrons. The molecule has 1 atom stereocenters. The molecule has 0 saturated heterocycles. The topological polar surface area (TPSA) is 85.1 Å². The molecule has 0 fully saturated rings. The van der Waals surface area contributed by atoms with Crippen molar-refractivity contribution in [1.82, 2.24) is 10.3 Å². The molecule has 2 rings (SSSR count). The second-order valence-electron chi connectivity index (χ2n) is 4.73. The van der Waals surface area contributed by atoms with Crippen molar-refractivity contribution in [3.05, 3.63) is 52.0 Å². The van der Waals surface area contributed by atoms with E-state index in [-0.39, 0.29) is 5.91 Å². The molecular weight excluding hydrogens is 286 g/mol. The van der Waals surface area contributed by atoms with Gasteiger partial charge in [-0.3, -0.25) is 9.59 Å². The van der Waals surface area contributed by atoms with E-state index in [0.29, 0.717) is 17.8 Å². The highest BCUT2D eigenvalue weighted by Gasteiger charge is 2.20. The number of nitrogens with zero attached hydrogens (tertiary/aromatic N) is 1. The lowest BCUT2D eigenvalue weighted by molar-refractivity contribution is -0.120. The van der Waals surface area contributed by atoms with Crippen LogP contribution in [0.25, 0.3) is 0 Å². The van der Waals surface area contributed by atoms with Crippen LogP contribution < -0.4 is 11.1 Å². The molecule has 1 aromatic heterocycles. The van der Waals surface area contributed by atoms with Crippen LogP contribution in [-0.4, -0.2) is 22.8 Å². The minimum atomic E-state index is -0.693. The van der Waals surface area contributed by atoms with Gasteiger partial charge in [-0.1, -0.05) is 30.3 Å². The number of hydrogen-bond acceptors (Lipinski definition) is 4. The summed E-state index contributed by atoms with van der Waals surface area (Å²) in [5.74, 6) is -0.891. The third-order valence-electron chi connectivity index (χ3n) is 3.03. The highest BCUT2D eigenvalue weighted by Crippen LogP contribution is 2.12. The van der Waals surface area contributed by atoms with Crippen LogP contribution in [0.5, 0.6) is 0 Å². The van der Waals surface area contributed by atoms with Gasteiger partial charge in [0.25, 0.3) is 5.91 Å². The van der Waals surface area contributed by atoms with Gasteiger partial charge in [0.05, 0.1) is 0 Å². The number of hydrogen-bond donors (Lipinski definition) is 2. The smallest absolute Gasteiger partial charge is 0.280 e. The maximum Gasteiger partial charge on any atom is 0.280 e. The fraction of sp³-hybridized carbons (Fsp3) is 0.267. The van der Waals surface area contributed by atoms with Crippen molar-refractivity contribution in [1.29, 1.82) is 0 Å². The van der Waals surface area contributed by atoms with Gasteiger partial charge in [-0.15, -0.1) is 11.3 Å². The number of aryl methyl sites for hydroxylation is 2. The Kier molecular flexibility index (Phi) is 5.05. The quantitative estimate of drug-likeness (QED) is 0.851. The number of amides is 2. The number of nitrogens with one attached hydrogen (secondary N) is 1. The van der Waals surface area contributed by atoms with Crippen molar-refractivity contribution in [3.8, 4) is 0 Å². The number of carbonyl (C=O) groups is 2. The first-order valence-electron chi connectivity index (χ1n) is 6.63. The van der Waals surface area contributed by atoms with Crippen LogP contribution in [0.15, 0.2) is 36.5 Å². The molecule has 0 bridgehead atoms. The van der Waals surface area contributed by atoms with Crippen LogP contribution in [-0.2, 0) is 11.2 Å². The Balaban J connectivity index is 1.96. The Morgan fingerprint density at radius 3 is 2.62 bits per heavy atom. The molecule has 3 N–H and O–H groups in total. The SMILES string of the molecule is Cc1cnc(C(=O)N[C@@H](CCc2ccccc2)C(N)=O)s1. The van der Waals surface area contributed by atoms with E-state index in [9.17, 15) is 9.59 Å². The summed E-state index contributed by atoms with van der Waals surface area (Å²) >= 11 is 1.29. The zero-order chi connectivity index (χ0) is 15.2. The summed E-state index contributed by atoms with van der Waals surface area (Å²) in [6.07, 6.45) is 2.77. The van der Waals surface area contributed by atoms with Crippen molar-refractivity contribution in [3.63, 3.8) is 0 Å². The number of rotatable bonds is 6. The Hall–Kier alpha value is -2.21. The van der Waals surface area contributed by atoms with E-state index in [1.54, 1.807) is 6.20 Å². The molecule has 2 amide bonds. The van der Waals surface area contributed by atoms with Crippen LogP contribution in [0.3, 0.4) is 0 Å². The van der Waals surface area contributed by atoms with E-state index in [1.807, 2.05) is 37.3 Å². The Morgan fingerprint density at radius 1 is 1.33 bits per heavy atom. The fourth-order valence-corrected chi connectivity index (χ4v) is 2.59. The van der Waals surface area contributed by atoms with Gasteiger partial charge in [-0.05, 0) is 25.3 Å². The lowest BCUT2D eigenvalue weighted by atomic mass is 10.0. The summed E-state index contributed by atoms with van der Waals surface area (Å²) in [7, 11) is 0. The third-order valence-corrected chi connectivity index (χ3v) is 3.94. The molecule has 2 aromatic rings. The Morgan fingerprint density at radius 2 is 2.05 bits per heavy atom. The molecule has 1 aromatic carbocycles. The number of primary amides is 1. The average Bonchev–Trinajstić information content (AvgIpc) is 2.90. The van der Waals surface area contributed by atoms with Gasteiger partial charge in [0.2, 0.25) is 5.91 Å². The highest BCUT2D eigenvalue weighted by molar-refractivity contribution is 7.13. The minimum absolute atomic E-state index is 0.346. The summed E-state index contributed by atoms with van der Waals surface area (Å²) in [6.45, 7) is 1.87. The van der Waals surface area contributed by atoms with Crippen molar-refractivity contribution in [2.75, 3.05) is 0 Å². The van der Waals surface area contributed by atoms with E-state index in [2.05, 4.69) is 10.3 Å². The number of thiazole rings is 1. The summed E-state index contributed by atoms with van der Waals surface area (Å²) < 4.78 is 0. The van der Waals surface area contributed by atoms with Crippen LogP contribution in [0.4, 0.5) is 0 Å². The van der Waals surface area contributed by atoms with E-state index in [0.717, 1.165) is 10.4 Å². The van der Waals surface area contributed by atoms with Crippen molar-refractivity contribution in [2.24, 2.45) is 5.73 Å². The van der Waals surface area contributed by atoms with Crippen molar-refractivity contribution >= 4 is 23.2 Å². The molecule has 21 heavy (non-hydrogen) atoms. The summed E-state index contributed by atoms with van der Waals surface area (Å²) in [4.78, 5) is 28.4. The molecule has 0 radical (unpaired) electrons. The Bertz CT molecular complexity index is 625. The summed E-state index contributed by atoms with van der Waals surface area (Å²) in [6, 6.07) is 9.06. The zero-order valence-electron chi connectivity index (χ0n) is 11.7. The molecule has 0 saturated carbocycles. The number of carbonyl (C=O) groups excluding carboxylic acids is 2. The number of aromatic nitrogens is 1. The monoisotopic (exact) mass is 303 g/mol. The van der Waals surface area contributed by atoms with Gasteiger partial charge in [0.1, 0.15) is 6.04 Å². The molecule has 1 heterocycles. The molecule has 5 nitrogen and oxygen atoms in total. The molecule has 0 spiro atoms. The maximum absolute atomic E-state index is 12.0. The van der Waals surface area contributed by atoms with Crippen LogP contribution in [0, 0.1) is 6.92 Å². The van der Waals surface area contributed by atoms with Crippen LogP contribution in [0.1, 0.15) is 26.7 Å². The predicted molar refractivity (Wildman–Crippen MR) is 82.1 cm³/mol. The standard InChI is InChI=1S/C15H17N3O2S/c1-10-9-17-15(21-10)14(20)18-12(13(16)19)8-7-11-5-3-2-4-6-11/h2-6,9,12H,7-8H2,1H3,(H2,16,19)(H,18,20)/t12-/m0/s1. The molecular formula is C15H17N3O2S. The van der Waals surface area contributed by atoms with Crippen LogP contribution >= 0.6 is 11.3 Å². The first-order valence-corrected chi connectivity index (χ1v) is 7.44. The minimum Gasteiger partial charge on any atom is -0.368 e. The van der Waals surface area contributed by atoms with Crippen LogP contribution in [0.2, 0.25) is 0 Å². The molecule has 6 heteroatoms. The fourth-order valence-electron chi connectivity index (χ4n) is 1.92. The highest BCUT2D eigenvalue weighted by atomic mass is 32.1. The van der Waals surface area contributed by atoms with Crippen molar-refractivity contribution in [2.45, 2.75) is 25.8 Å². The normalized spacial score (nSPS) is 11.9. The summed E-state index contributed by atoms with van der Waals surface area (Å²) in [5, 5.41) is 3.00. The van der Waals surface area contributed by atoms with E-state index in [4.69, 9.17) is 5.73 Å². The van der Waals surface area contributed by atoms with Gasteiger partial charge >= 0.3 is 0 Å². The van der Waals surface area contributed by atoms with Gasteiger partial charge < -0.3 is 11.1 Å². The molecule has 0 aliphatic carbocycles. The van der Waals surface area contributed by atoms with Gasteiger partial charge in [-0.25, -0.2) is 4.98 Å². The van der Waals surface area contributed by atoms with Gasteiger partial charge in [0, 0.05) is 11.1 Å². The maximum atomic E-state index is 12.0. The lowest BCUT2D eigenvalue weighted by Gasteiger charge is -2.14.